The summed E-state index contributed by atoms with van der Waals surface area (Å²) in [5, 5.41) is 0. The van der Waals surface area contributed by atoms with E-state index in [0.717, 1.165) is 37.2 Å². The third-order valence-electron chi connectivity index (χ3n) is 4.67. The van der Waals surface area contributed by atoms with Gasteiger partial charge in [0.15, 0.2) is 0 Å². The minimum Gasteiger partial charge on any atom is -0.348 e. The summed E-state index contributed by atoms with van der Waals surface area (Å²) in [6.45, 7) is 2.57. The van der Waals surface area contributed by atoms with E-state index >= 15 is 0 Å². The van der Waals surface area contributed by atoms with Gasteiger partial charge in [-0.3, -0.25) is 19.5 Å². The van der Waals surface area contributed by atoms with Crippen LogP contribution in [0.25, 0.3) is 0 Å². The molecule has 0 aromatic carbocycles. The van der Waals surface area contributed by atoms with Gasteiger partial charge in [-0.15, -0.1) is 0 Å². The molecule has 1 amide bonds. The Morgan fingerprint density at radius 1 is 1.20 bits per heavy atom. The van der Waals surface area contributed by atoms with Gasteiger partial charge in [0.25, 0.3) is 5.56 Å². The smallest absolute Gasteiger partial charge is 0.251 e. The number of amides is 1. The molecule has 2 aromatic heterocycles. The fourth-order valence-corrected chi connectivity index (χ4v) is 3.18. The van der Waals surface area contributed by atoms with E-state index in [1.807, 2.05) is 22.8 Å². The van der Waals surface area contributed by atoms with Gasteiger partial charge in [-0.05, 0) is 23.6 Å². The summed E-state index contributed by atoms with van der Waals surface area (Å²) in [5.41, 5.74) is 3.31. The highest BCUT2D eigenvalue weighted by Gasteiger charge is 2.19. The lowest BCUT2D eigenvalue weighted by atomic mass is 10.1. The molecule has 0 fully saturated rings. The van der Waals surface area contributed by atoms with Crippen LogP contribution in [0.2, 0.25) is 0 Å². The van der Waals surface area contributed by atoms with Gasteiger partial charge >= 0.3 is 0 Å². The first-order valence-corrected chi connectivity index (χ1v) is 8.57. The maximum atomic E-state index is 12.4. The molecule has 0 atom stereocenters. The standard InChI is InChI=1S/C19H24N4O2/c1-21(2)19(25)14-22-10-7-16-5-6-18(24)23(17(16)8-11-22)13-15-4-3-9-20-12-15/h3-6,9,12H,7-8,10-11,13-14H2,1-2H3. The number of hydrogen-bond donors (Lipinski definition) is 0. The average molecular weight is 340 g/mol. The van der Waals surface area contributed by atoms with Gasteiger partial charge in [0, 0.05) is 57.8 Å². The van der Waals surface area contributed by atoms with E-state index in [1.54, 1.807) is 37.5 Å². The molecule has 1 aliphatic heterocycles. The quantitative estimate of drug-likeness (QED) is 0.825. The van der Waals surface area contributed by atoms with Crippen LogP contribution in [0.1, 0.15) is 16.8 Å². The molecule has 25 heavy (non-hydrogen) atoms. The zero-order valence-corrected chi connectivity index (χ0v) is 14.8. The van der Waals surface area contributed by atoms with Gasteiger partial charge in [0.2, 0.25) is 5.91 Å². The third-order valence-corrected chi connectivity index (χ3v) is 4.67. The second-order valence-corrected chi connectivity index (χ2v) is 6.66. The van der Waals surface area contributed by atoms with Crippen LogP contribution >= 0.6 is 0 Å². The molecular weight excluding hydrogens is 316 g/mol. The Balaban J connectivity index is 1.82. The van der Waals surface area contributed by atoms with Gasteiger partial charge in [-0.1, -0.05) is 12.1 Å². The maximum absolute atomic E-state index is 12.4. The number of aromatic nitrogens is 2. The SMILES string of the molecule is CN(C)C(=O)CN1CCc2ccc(=O)n(Cc3cccnc3)c2CC1. The first-order chi connectivity index (χ1) is 12.0. The zero-order valence-electron chi connectivity index (χ0n) is 14.8. The summed E-state index contributed by atoms with van der Waals surface area (Å²) in [5.74, 6) is 0.110. The lowest BCUT2D eigenvalue weighted by molar-refractivity contribution is -0.129. The normalized spacial score (nSPS) is 14.6. The van der Waals surface area contributed by atoms with Crippen molar-refractivity contribution in [3.05, 3.63) is 63.8 Å². The largest absolute Gasteiger partial charge is 0.348 e. The Bertz CT molecular complexity index is 799. The average Bonchev–Trinajstić information content (AvgIpc) is 2.81. The summed E-state index contributed by atoms with van der Waals surface area (Å²) < 4.78 is 1.85. The van der Waals surface area contributed by atoms with Crippen LogP contribution in [0.15, 0.2) is 41.5 Å². The van der Waals surface area contributed by atoms with Gasteiger partial charge < -0.3 is 9.47 Å². The number of hydrogen-bond acceptors (Lipinski definition) is 4. The summed E-state index contributed by atoms with van der Waals surface area (Å²) in [6.07, 6.45) is 5.15. The minimum atomic E-state index is 0.0143. The van der Waals surface area contributed by atoms with Crippen LogP contribution in [0, 0.1) is 0 Å². The van der Waals surface area contributed by atoms with Crippen molar-refractivity contribution in [2.75, 3.05) is 33.7 Å². The van der Waals surface area contributed by atoms with Crippen molar-refractivity contribution in [2.24, 2.45) is 0 Å². The summed E-state index contributed by atoms with van der Waals surface area (Å²) in [6, 6.07) is 7.46. The number of pyridine rings is 2. The maximum Gasteiger partial charge on any atom is 0.251 e. The molecule has 0 unspecified atom stereocenters. The Morgan fingerprint density at radius 2 is 2.00 bits per heavy atom. The van der Waals surface area contributed by atoms with E-state index in [1.165, 1.54) is 5.56 Å². The fraction of sp³-hybridized carbons (Fsp3) is 0.421. The van der Waals surface area contributed by atoms with Gasteiger partial charge in [-0.2, -0.15) is 0 Å². The number of rotatable bonds is 4. The molecule has 6 nitrogen and oxygen atoms in total. The lowest BCUT2D eigenvalue weighted by Gasteiger charge is -2.21. The fourth-order valence-electron chi connectivity index (χ4n) is 3.18. The first-order valence-electron chi connectivity index (χ1n) is 8.57. The van der Waals surface area contributed by atoms with Gasteiger partial charge in [0.1, 0.15) is 0 Å². The van der Waals surface area contributed by atoms with Crippen LogP contribution < -0.4 is 5.56 Å². The first kappa shape index (κ1) is 17.4. The summed E-state index contributed by atoms with van der Waals surface area (Å²) in [4.78, 5) is 32.3. The highest BCUT2D eigenvalue weighted by Crippen LogP contribution is 2.15. The molecule has 1 aliphatic rings. The van der Waals surface area contributed by atoms with Crippen molar-refractivity contribution in [2.45, 2.75) is 19.4 Å². The molecule has 0 radical (unpaired) electrons. The molecule has 0 saturated heterocycles. The summed E-state index contributed by atoms with van der Waals surface area (Å²) in [7, 11) is 3.56. The highest BCUT2D eigenvalue weighted by molar-refractivity contribution is 5.77. The Kier molecular flexibility index (Phi) is 5.28. The molecule has 0 saturated carbocycles. The minimum absolute atomic E-state index is 0.0143. The molecule has 3 heterocycles. The zero-order chi connectivity index (χ0) is 17.8. The molecule has 0 aliphatic carbocycles. The molecule has 0 N–H and O–H groups in total. The van der Waals surface area contributed by atoms with Gasteiger partial charge in [0.05, 0.1) is 13.1 Å². The Morgan fingerprint density at radius 3 is 2.72 bits per heavy atom. The van der Waals surface area contributed by atoms with Crippen molar-refractivity contribution in [1.82, 2.24) is 19.4 Å². The van der Waals surface area contributed by atoms with Crippen LogP contribution in [-0.2, 0) is 24.2 Å². The van der Waals surface area contributed by atoms with Crippen molar-refractivity contribution in [1.29, 1.82) is 0 Å². The highest BCUT2D eigenvalue weighted by atomic mass is 16.2. The molecule has 132 valence electrons. The van der Waals surface area contributed by atoms with Crippen molar-refractivity contribution >= 4 is 5.91 Å². The van der Waals surface area contributed by atoms with Crippen LogP contribution in [0.4, 0.5) is 0 Å². The van der Waals surface area contributed by atoms with E-state index in [2.05, 4.69) is 9.88 Å². The molecule has 2 aromatic rings. The van der Waals surface area contributed by atoms with Gasteiger partial charge in [-0.25, -0.2) is 0 Å². The monoisotopic (exact) mass is 340 g/mol. The van der Waals surface area contributed by atoms with E-state index in [4.69, 9.17) is 0 Å². The third kappa shape index (κ3) is 4.14. The van der Waals surface area contributed by atoms with Crippen LogP contribution in [0.5, 0.6) is 0 Å². The number of carbonyl (C=O) groups excluding carboxylic acids is 1. The lowest BCUT2D eigenvalue weighted by Crippen LogP contribution is -2.38. The predicted molar refractivity (Wildman–Crippen MR) is 96.6 cm³/mol. The van der Waals surface area contributed by atoms with E-state index < -0.39 is 0 Å². The van der Waals surface area contributed by atoms with Crippen molar-refractivity contribution in [3.8, 4) is 0 Å². The van der Waals surface area contributed by atoms with E-state index in [9.17, 15) is 9.59 Å². The van der Waals surface area contributed by atoms with Crippen LogP contribution in [0.3, 0.4) is 0 Å². The number of fused-ring (bicyclic) bond motifs is 1. The molecule has 3 rings (SSSR count). The molecular formula is C19H24N4O2. The van der Waals surface area contributed by atoms with Crippen LogP contribution in [-0.4, -0.2) is 59.0 Å². The molecule has 6 heteroatoms. The van der Waals surface area contributed by atoms with Crippen molar-refractivity contribution in [3.63, 3.8) is 0 Å². The summed E-state index contributed by atoms with van der Waals surface area (Å²) >= 11 is 0. The molecule has 0 bridgehead atoms. The number of carbonyl (C=O) groups is 1. The van der Waals surface area contributed by atoms with Crippen molar-refractivity contribution < 1.29 is 4.79 Å². The Hall–Kier alpha value is -2.47. The van der Waals surface area contributed by atoms with E-state index in [-0.39, 0.29) is 11.5 Å². The topological polar surface area (TPSA) is 58.4 Å². The van der Waals surface area contributed by atoms with E-state index in [0.29, 0.717) is 13.1 Å². The predicted octanol–water partition coefficient (Wildman–Crippen LogP) is 0.780. The second-order valence-electron chi connectivity index (χ2n) is 6.66. The second kappa shape index (κ2) is 7.61. The number of likely N-dealkylation sites (N-methyl/N-ethyl adjacent to an activating group) is 1. The number of nitrogens with zero attached hydrogens (tertiary/aromatic N) is 4. The Labute approximate surface area is 147 Å². The molecule has 0 spiro atoms.